The lowest BCUT2D eigenvalue weighted by Crippen LogP contribution is -2.48. The third-order valence-electron chi connectivity index (χ3n) is 5.56. The molecule has 8 nitrogen and oxygen atoms in total. The van der Waals surface area contributed by atoms with Gasteiger partial charge in [0.1, 0.15) is 5.60 Å². The molecule has 3 N–H and O–H groups in total. The number of nitrogens with zero attached hydrogens (tertiary/aromatic N) is 3. The second-order valence-electron chi connectivity index (χ2n) is 9.24. The number of guanidine groups is 1. The van der Waals surface area contributed by atoms with E-state index in [1.807, 2.05) is 32.5 Å². The van der Waals surface area contributed by atoms with Crippen LogP contribution in [0.2, 0.25) is 0 Å². The predicted molar refractivity (Wildman–Crippen MR) is 141 cm³/mol. The Morgan fingerprint density at radius 3 is 2.19 bits per heavy atom. The summed E-state index contributed by atoms with van der Waals surface area (Å²) in [5.74, 6) is 0.846. The van der Waals surface area contributed by atoms with Crippen LogP contribution in [0.4, 0.5) is 4.79 Å². The van der Waals surface area contributed by atoms with E-state index in [1.165, 1.54) is 11.3 Å². The Hall–Kier alpha value is -1.52. The first-order valence-electron chi connectivity index (χ1n) is 11.7. The fourth-order valence-electron chi connectivity index (χ4n) is 4.10. The number of nitrogens with one attached hydrogen (secondary N) is 3. The van der Waals surface area contributed by atoms with Gasteiger partial charge in [-0.25, -0.2) is 9.79 Å². The highest BCUT2D eigenvalue weighted by atomic mass is 127. The molecule has 1 saturated carbocycles. The van der Waals surface area contributed by atoms with Gasteiger partial charge in [-0.3, -0.25) is 4.68 Å². The van der Waals surface area contributed by atoms with Crippen LogP contribution in [-0.2, 0) is 31.2 Å². The summed E-state index contributed by atoms with van der Waals surface area (Å²) in [6.45, 7) is 13.5. The molecule has 0 spiro atoms. The first kappa shape index (κ1) is 28.5. The molecule has 1 heterocycles. The molecule has 1 aromatic rings. The Labute approximate surface area is 210 Å². The average Bonchev–Trinajstić information content (AvgIpc) is 3.00. The molecule has 0 bridgehead atoms. The number of aliphatic imine (C=N–C) groups is 1. The second-order valence-corrected chi connectivity index (χ2v) is 9.24. The zero-order chi connectivity index (χ0) is 23.0. The third-order valence-corrected chi connectivity index (χ3v) is 5.56. The van der Waals surface area contributed by atoms with Gasteiger partial charge < -0.3 is 20.7 Å². The summed E-state index contributed by atoms with van der Waals surface area (Å²) in [6, 6.07) is 0.515. The Bertz CT molecular complexity index is 748. The Balaban J connectivity index is 0.00000512. The number of carbonyl (C=O) groups is 1. The van der Waals surface area contributed by atoms with Crippen LogP contribution >= 0.6 is 24.0 Å². The van der Waals surface area contributed by atoms with Gasteiger partial charge in [-0.2, -0.15) is 5.10 Å². The van der Waals surface area contributed by atoms with Gasteiger partial charge in [-0.1, -0.05) is 13.8 Å². The summed E-state index contributed by atoms with van der Waals surface area (Å²) in [6.07, 6.45) is 5.37. The number of rotatable bonds is 7. The zero-order valence-corrected chi connectivity index (χ0v) is 23.2. The van der Waals surface area contributed by atoms with E-state index in [-0.39, 0.29) is 36.1 Å². The molecule has 0 saturated heterocycles. The fraction of sp³-hybridized carbons (Fsp3) is 0.783. The standard InChI is InChI=1S/C23H42N6O2.HI/c1-8-19-18(20(9-2)29(7)28-19)15-25-21(24-10-3)26-16-11-13-17(14-12-16)27-22(30)31-23(4,5)6;/h16-17H,8-15H2,1-7H3,(H,27,30)(H2,24,25,26);1H. The Morgan fingerprint density at radius 1 is 1.09 bits per heavy atom. The number of hydrogen-bond donors (Lipinski definition) is 3. The summed E-state index contributed by atoms with van der Waals surface area (Å²) in [5.41, 5.74) is 3.16. The van der Waals surface area contributed by atoms with Crippen molar-refractivity contribution >= 4 is 36.0 Å². The van der Waals surface area contributed by atoms with Crippen LogP contribution in [0.15, 0.2) is 4.99 Å². The van der Waals surface area contributed by atoms with Crippen molar-refractivity contribution in [2.45, 2.75) is 104 Å². The molecule has 0 atom stereocenters. The fourth-order valence-corrected chi connectivity index (χ4v) is 4.10. The van der Waals surface area contributed by atoms with Crippen molar-refractivity contribution in [3.8, 4) is 0 Å². The van der Waals surface area contributed by atoms with E-state index in [0.29, 0.717) is 12.6 Å². The number of aromatic nitrogens is 2. The van der Waals surface area contributed by atoms with Gasteiger partial charge in [-0.15, -0.1) is 24.0 Å². The van der Waals surface area contributed by atoms with Crippen LogP contribution in [0.5, 0.6) is 0 Å². The van der Waals surface area contributed by atoms with Gasteiger partial charge in [0.05, 0.1) is 12.2 Å². The number of halogens is 1. The van der Waals surface area contributed by atoms with Crippen molar-refractivity contribution in [3.05, 3.63) is 17.0 Å². The van der Waals surface area contributed by atoms with Crippen molar-refractivity contribution in [1.29, 1.82) is 0 Å². The number of carbonyl (C=O) groups excluding carboxylic acids is 1. The van der Waals surface area contributed by atoms with Gasteiger partial charge in [0, 0.05) is 36.9 Å². The van der Waals surface area contributed by atoms with E-state index in [9.17, 15) is 4.79 Å². The lowest BCUT2D eigenvalue weighted by molar-refractivity contribution is 0.0490. The third kappa shape index (κ3) is 8.78. The minimum atomic E-state index is -0.469. The van der Waals surface area contributed by atoms with E-state index in [1.54, 1.807) is 0 Å². The normalized spacial score (nSPS) is 19.2. The van der Waals surface area contributed by atoms with Crippen molar-refractivity contribution in [2.75, 3.05) is 6.54 Å². The van der Waals surface area contributed by atoms with Crippen molar-refractivity contribution in [2.24, 2.45) is 12.0 Å². The summed E-state index contributed by atoms with van der Waals surface area (Å²) >= 11 is 0. The molecule has 0 radical (unpaired) electrons. The van der Waals surface area contributed by atoms with Gasteiger partial charge in [0.2, 0.25) is 0 Å². The van der Waals surface area contributed by atoms with Crippen LogP contribution in [0, 0.1) is 0 Å². The summed E-state index contributed by atoms with van der Waals surface area (Å²) in [5, 5.41) is 14.6. The molecule has 0 aromatic carbocycles. The quantitative estimate of drug-likeness (QED) is 0.265. The van der Waals surface area contributed by atoms with E-state index < -0.39 is 5.60 Å². The highest BCUT2D eigenvalue weighted by Crippen LogP contribution is 2.20. The molecule has 1 fully saturated rings. The predicted octanol–water partition coefficient (Wildman–Crippen LogP) is 4.05. The smallest absolute Gasteiger partial charge is 0.407 e. The summed E-state index contributed by atoms with van der Waals surface area (Å²) in [7, 11) is 2.01. The van der Waals surface area contributed by atoms with Gasteiger partial charge in [-0.05, 0) is 66.2 Å². The zero-order valence-electron chi connectivity index (χ0n) is 20.9. The summed E-state index contributed by atoms with van der Waals surface area (Å²) in [4.78, 5) is 16.9. The first-order chi connectivity index (χ1) is 14.7. The van der Waals surface area contributed by atoms with Crippen LogP contribution in [-0.4, -0.2) is 46.1 Å². The maximum atomic E-state index is 12.0. The molecule has 9 heteroatoms. The maximum Gasteiger partial charge on any atom is 0.407 e. The molecule has 0 aliphatic heterocycles. The molecule has 32 heavy (non-hydrogen) atoms. The minimum absolute atomic E-state index is 0. The highest BCUT2D eigenvalue weighted by Gasteiger charge is 2.25. The van der Waals surface area contributed by atoms with Crippen LogP contribution < -0.4 is 16.0 Å². The van der Waals surface area contributed by atoms with Crippen LogP contribution in [0.1, 0.15) is 84.2 Å². The SMILES string of the molecule is CCNC(=NCc1c(CC)nn(C)c1CC)NC1CCC(NC(=O)OC(C)(C)C)CC1.I. The highest BCUT2D eigenvalue weighted by molar-refractivity contribution is 14.0. The minimum Gasteiger partial charge on any atom is -0.444 e. The average molecular weight is 563 g/mol. The first-order valence-corrected chi connectivity index (χ1v) is 11.7. The Morgan fingerprint density at radius 2 is 1.69 bits per heavy atom. The number of ether oxygens (including phenoxy) is 1. The molecule has 2 rings (SSSR count). The van der Waals surface area contributed by atoms with E-state index in [4.69, 9.17) is 9.73 Å². The number of hydrogen-bond acceptors (Lipinski definition) is 4. The number of aryl methyl sites for hydroxylation is 2. The largest absolute Gasteiger partial charge is 0.444 e. The lowest BCUT2D eigenvalue weighted by Gasteiger charge is -2.31. The van der Waals surface area contributed by atoms with Gasteiger partial charge in [0.15, 0.2) is 5.96 Å². The molecule has 0 unspecified atom stereocenters. The van der Waals surface area contributed by atoms with E-state index in [0.717, 1.165) is 56.7 Å². The van der Waals surface area contributed by atoms with E-state index >= 15 is 0 Å². The van der Waals surface area contributed by atoms with Gasteiger partial charge in [0.25, 0.3) is 0 Å². The molecule has 1 amide bonds. The Kier molecular flexibility index (Phi) is 11.8. The number of amides is 1. The van der Waals surface area contributed by atoms with Crippen LogP contribution in [0.3, 0.4) is 0 Å². The van der Waals surface area contributed by atoms with Crippen LogP contribution in [0.25, 0.3) is 0 Å². The van der Waals surface area contributed by atoms with Crippen molar-refractivity contribution < 1.29 is 9.53 Å². The van der Waals surface area contributed by atoms with Crippen molar-refractivity contribution in [1.82, 2.24) is 25.7 Å². The lowest BCUT2D eigenvalue weighted by atomic mass is 9.91. The van der Waals surface area contributed by atoms with E-state index in [2.05, 4.69) is 41.8 Å². The molecular weight excluding hydrogens is 519 g/mol. The molecule has 1 aliphatic rings. The monoisotopic (exact) mass is 562 g/mol. The molecule has 1 aromatic heterocycles. The summed E-state index contributed by atoms with van der Waals surface area (Å²) < 4.78 is 7.36. The second kappa shape index (κ2) is 13.3. The maximum absolute atomic E-state index is 12.0. The number of alkyl carbamates (subject to hydrolysis) is 1. The van der Waals surface area contributed by atoms with Gasteiger partial charge >= 0.3 is 6.09 Å². The van der Waals surface area contributed by atoms with Crippen molar-refractivity contribution in [3.63, 3.8) is 0 Å². The topological polar surface area (TPSA) is 92.6 Å². The molecular formula is C23H43IN6O2. The molecule has 184 valence electrons. The molecule has 1 aliphatic carbocycles.